The van der Waals surface area contributed by atoms with Crippen molar-refractivity contribution >= 4 is 0 Å². The molecule has 0 fully saturated rings. The van der Waals surface area contributed by atoms with Crippen LogP contribution in [0.3, 0.4) is 0 Å². The zero-order chi connectivity index (χ0) is 7.89. The Morgan fingerprint density at radius 1 is 0.818 bits per heavy atom. The van der Waals surface area contributed by atoms with Gasteiger partial charge in [0.1, 0.15) is 0 Å². The number of allylic oxidation sites excluding steroid dienone is 4. The first-order valence-electron chi connectivity index (χ1n) is 3.90. The summed E-state index contributed by atoms with van der Waals surface area (Å²) in [6.45, 7) is 11.2. The van der Waals surface area contributed by atoms with Gasteiger partial charge in [-0.3, -0.25) is 0 Å². The molecule has 0 aromatic rings. The summed E-state index contributed by atoms with van der Waals surface area (Å²) >= 11 is 0. The normalized spacial score (nSPS) is 19.4. The van der Waals surface area contributed by atoms with E-state index in [2.05, 4.69) is 34.6 Å². The fraction of sp³-hybridized carbons (Fsp3) is 0.600. The Kier molecular flexibility index (Phi) is 3.98. The minimum absolute atomic E-state index is 0. The summed E-state index contributed by atoms with van der Waals surface area (Å²) in [6.07, 6.45) is 0. The molecule has 1 aliphatic rings. The van der Waals surface area contributed by atoms with Crippen LogP contribution >= 0.6 is 0 Å². The van der Waals surface area contributed by atoms with Crippen molar-refractivity contribution in [2.45, 2.75) is 34.6 Å². The van der Waals surface area contributed by atoms with E-state index in [4.69, 9.17) is 0 Å². The maximum atomic E-state index is 2.28. The molecule has 0 nitrogen and oxygen atoms in total. The van der Waals surface area contributed by atoms with Gasteiger partial charge >= 0.3 is 0 Å². The summed E-state index contributed by atoms with van der Waals surface area (Å²) in [7, 11) is 0. The number of hydrogen-bond donors (Lipinski definition) is 0. The van der Waals surface area contributed by atoms with Crippen molar-refractivity contribution in [3.05, 3.63) is 22.3 Å². The molecule has 0 atom stereocenters. The largest absolute Gasteiger partial charge is 0.0632 e. The maximum absolute atomic E-state index is 2.28. The molecule has 1 heteroatoms. The molecule has 60 valence electrons. The third-order valence-electron chi connectivity index (χ3n) is 3.04. The predicted octanol–water partition coefficient (Wildman–Crippen LogP) is 3.31. The molecule has 0 radical (unpaired) electrons. The van der Waals surface area contributed by atoms with Crippen molar-refractivity contribution in [3.63, 3.8) is 0 Å². The minimum atomic E-state index is 0. The Bertz CT molecular complexity index is 197. The molecule has 0 saturated carbocycles. The summed E-state index contributed by atoms with van der Waals surface area (Å²) in [5.41, 5.74) is 6.11. The van der Waals surface area contributed by atoms with E-state index >= 15 is 0 Å². The van der Waals surface area contributed by atoms with Crippen molar-refractivity contribution < 1.29 is 26.2 Å². The zero-order valence-corrected chi connectivity index (χ0v) is 10.5. The van der Waals surface area contributed by atoms with Crippen molar-refractivity contribution in [1.82, 2.24) is 0 Å². The van der Waals surface area contributed by atoms with Gasteiger partial charge < -0.3 is 0 Å². The number of rotatable bonds is 0. The Labute approximate surface area is 88.9 Å². The van der Waals surface area contributed by atoms with Crippen molar-refractivity contribution in [3.8, 4) is 0 Å². The van der Waals surface area contributed by atoms with E-state index in [0.717, 1.165) is 0 Å². The van der Waals surface area contributed by atoms with Gasteiger partial charge in [-0.1, -0.05) is 18.1 Å². The van der Waals surface area contributed by atoms with Crippen molar-refractivity contribution in [2.75, 3.05) is 0 Å². The molecule has 0 amide bonds. The van der Waals surface area contributed by atoms with Gasteiger partial charge in [-0.2, -0.15) is 0 Å². The van der Waals surface area contributed by atoms with Crippen LogP contribution in [0.5, 0.6) is 0 Å². The van der Waals surface area contributed by atoms with Crippen molar-refractivity contribution in [2.24, 2.45) is 5.92 Å². The van der Waals surface area contributed by atoms with E-state index in [1.165, 1.54) is 11.1 Å². The zero-order valence-electron chi connectivity index (χ0n) is 8.08. The molecule has 11 heavy (non-hydrogen) atoms. The molecule has 0 N–H and O–H groups in total. The first kappa shape index (κ1) is 11.4. The smallest absolute Gasteiger partial charge is 0 e. The van der Waals surface area contributed by atoms with Crippen LogP contribution in [0.2, 0.25) is 0 Å². The Morgan fingerprint density at radius 2 is 1.09 bits per heavy atom. The third kappa shape index (κ3) is 1.75. The standard InChI is InChI=1S/C10H16.Zr/c1-6-7(2)9(4)10(5)8(6)3;/h6H,1-5H3;. The van der Waals surface area contributed by atoms with E-state index in [1.54, 1.807) is 11.1 Å². The molecule has 1 rings (SSSR count). The van der Waals surface area contributed by atoms with Gasteiger partial charge in [-0.05, 0) is 44.8 Å². The molecule has 0 bridgehead atoms. The van der Waals surface area contributed by atoms with Crippen LogP contribution in [-0.4, -0.2) is 0 Å². The van der Waals surface area contributed by atoms with Crippen LogP contribution < -0.4 is 0 Å². The van der Waals surface area contributed by atoms with E-state index in [1.807, 2.05) is 0 Å². The van der Waals surface area contributed by atoms with Crippen LogP contribution in [0.25, 0.3) is 0 Å². The SMILES string of the molecule is CC1=C(C)C(C)C(C)=C1C.[Zr]. The van der Waals surface area contributed by atoms with E-state index in [0.29, 0.717) is 5.92 Å². The van der Waals surface area contributed by atoms with Crippen LogP contribution in [-0.2, 0) is 26.2 Å². The first-order valence-corrected chi connectivity index (χ1v) is 3.90. The van der Waals surface area contributed by atoms with E-state index in [9.17, 15) is 0 Å². The van der Waals surface area contributed by atoms with Gasteiger partial charge in [-0.15, -0.1) is 0 Å². The van der Waals surface area contributed by atoms with Gasteiger partial charge in [0.15, 0.2) is 0 Å². The molecular weight excluding hydrogens is 211 g/mol. The second-order valence-corrected chi connectivity index (χ2v) is 3.34. The maximum Gasteiger partial charge on any atom is 0 e. The summed E-state index contributed by atoms with van der Waals surface area (Å²) < 4.78 is 0. The molecule has 0 unspecified atom stereocenters. The molecule has 0 saturated heterocycles. The third-order valence-corrected chi connectivity index (χ3v) is 3.04. The first-order chi connectivity index (χ1) is 4.55. The average Bonchev–Trinajstić information content (AvgIpc) is 2.07. The topological polar surface area (TPSA) is 0 Å². The van der Waals surface area contributed by atoms with E-state index < -0.39 is 0 Å². The fourth-order valence-corrected chi connectivity index (χ4v) is 1.57. The summed E-state index contributed by atoms with van der Waals surface area (Å²) in [5.74, 6) is 0.694. The van der Waals surface area contributed by atoms with Gasteiger partial charge in [-0.25, -0.2) is 0 Å². The molecule has 0 aromatic carbocycles. The summed E-state index contributed by atoms with van der Waals surface area (Å²) in [4.78, 5) is 0. The summed E-state index contributed by atoms with van der Waals surface area (Å²) in [6, 6.07) is 0. The second kappa shape index (κ2) is 3.85. The number of hydrogen-bond acceptors (Lipinski definition) is 0. The molecule has 0 aliphatic heterocycles. The minimum Gasteiger partial charge on any atom is -0.0632 e. The fourth-order valence-electron chi connectivity index (χ4n) is 1.57. The Balaban J connectivity index is 0.000001000. The van der Waals surface area contributed by atoms with Gasteiger partial charge in [0.2, 0.25) is 0 Å². The average molecular weight is 227 g/mol. The van der Waals surface area contributed by atoms with Crippen molar-refractivity contribution in [1.29, 1.82) is 0 Å². The Hall–Kier alpha value is 0.363. The van der Waals surface area contributed by atoms with Crippen LogP contribution in [0.1, 0.15) is 34.6 Å². The molecule has 1 aliphatic carbocycles. The van der Waals surface area contributed by atoms with Gasteiger partial charge in [0, 0.05) is 26.2 Å². The van der Waals surface area contributed by atoms with Gasteiger partial charge in [0.05, 0.1) is 0 Å². The van der Waals surface area contributed by atoms with Crippen LogP contribution in [0.15, 0.2) is 22.3 Å². The molecule has 0 aromatic heterocycles. The summed E-state index contributed by atoms with van der Waals surface area (Å²) in [5, 5.41) is 0. The van der Waals surface area contributed by atoms with Gasteiger partial charge in [0.25, 0.3) is 0 Å². The van der Waals surface area contributed by atoms with Crippen LogP contribution in [0, 0.1) is 5.92 Å². The predicted molar refractivity (Wildman–Crippen MR) is 45.9 cm³/mol. The quantitative estimate of drug-likeness (QED) is 0.596. The molecule has 0 heterocycles. The monoisotopic (exact) mass is 226 g/mol. The second-order valence-electron chi connectivity index (χ2n) is 3.34. The molecule has 0 spiro atoms. The van der Waals surface area contributed by atoms with Crippen LogP contribution in [0.4, 0.5) is 0 Å². The molecular formula is C10H16Zr. The Morgan fingerprint density at radius 3 is 1.18 bits per heavy atom. The van der Waals surface area contributed by atoms with E-state index in [-0.39, 0.29) is 26.2 Å².